The van der Waals surface area contributed by atoms with Crippen molar-refractivity contribution >= 4 is 0 Å². The molecule has 1 aliphatic rings. The number of hydrogen-bond donors (Lipinski definition) is 1. The van der Waals surface area contributed by atoms with Crippen molar-refractivity contribution in [3.8, 4) is 11.3 Å². The van der Waals surface area contributed by atoms with Gasteiger partial charge in [0.2, 0.25) is 0 Å². The van der Waals surface area contributed by atoms with Gasteiger partial charge in [0.25, 0.3) is 5.56 Å². The van der Waals surface area contributed by atoms with Crippen LogP contribution in [-0.2, 0) is 0 Å². The molecule has 5 heteroatoms. The summed E-state index contributed by atoms with van der Waals surface area (Å²) in [6.45, 7) is 3.70. The molecule has 1 unspecified atom stereocenters. The van der Waals surface area contributed by atoms with Crippen LogP contribution in [0.3, 0.4) is 0 Å². The maximum absolute atomic E-state index is 12.7. The number of rotatable bonds is 4. The maximum atomic E-state index is 12.7. The molecular weight excluding hydrogens is 302 g/mol. The zero-order valence-electron chi connectivity index (χ0n) is 14.4. The minimum Gasteiger partial charge on any atom is -0.388 e. The highest BCUT2D eigenvalue weighted by Crippen LogP contribution is 2.34. The van der Waals surface area contributed by atoms with E-state index in [1.54, 1.807) is 17.0 Å². The summed E-state index contributed by atoms with van der Waals surface area (Å²) in [7, 11) is 2.06. The molecule has 128 valence electrons. The molecule has 1 N–H and O–H groups in total. The fourth-order valence-corrected chi connectivity index (χ4v) is 3.59. The topological polar surface area (TPSA) is 58.4 Å². The molecule has 1 aliphatic heterocycles. The zero-order chi connectivity index (χ0) is 17.2. The van der Waals surface area contributed by atoms with Gasteiger partial charge < -0.3 is 10.0 Å². The lowest BCUT2D eigenvalue weighted by molar-refractivity contribution is -0.0600. The average molecular weight is 327 g/mol. The molecule has 2 aromatic rings. The van der Waals surface area contributed by atoms with Crippen molar-refractivity contribution in [2.45, 2.75) is 37.8 Å². The minimum atomic E-state index is -0.846. The van der Waals surface area contributed by atoms with E-state index in [0.29, 0.717) is 25.0 Å². The number of piperidine rings is 1. The average Bonchev–Trinajstić information content (AvgIpc) is 2.60. The Balaban J connectivity index is 1.92. The molecule has 0 spiro atoms. The SMILES string of the molecule is CCC(n1cnc(-c2ccccc2)cc1=O)C1(O)CCN(C)CC1. The van der Waals surface area contributed by atoms with E-state index in [4.69, 9.17) is 0 Å². The fourth-order valence-electron chi connectivity index (χ4n) is 3.59. The maximum Gasteiger partial charge on any atom is 0.254 e. The van der Waals surface area contributed by atoms with Crippen LogP contribution in [0.15, 0.2) is 47.5 Å². The number of aromatic nitrogens is 2. The molecular formula is C19H25N3O2. The van der Waals surface area contributed by atoms with Gasteiger partial charge in [-0.05, 0) is 26.3 Å². The lowest BCUT2D eigenvalue weighted by atomic mass is 9.83. The van der Waals surface area contributed by atoms with E-state index in [-0.39, 0.29) is 11.6 Å². The third-order valence-corrected chi connectivity index (χ3v) is 5.10. The minimum absolute atomic E-state index is 0.108. The highest BCUT2D eigenvalue weighted by molar-refractivity contribution is 5.57. The van der Waals surface area contributed by atoms with Crippen molar-refractivity contribution in [1.82, 2.24) is 14.5 Å². The molecule has 3 rings (SSSR count). The Kier molecular flexibility index (Phi) is 4.83. The van der Waals surface area contributed by atoms with Crippen LogP contribution in [0.5, 0.6) is 0 Å². The van der Waals surface area contributed by atoms with E-state index in [0.717, 1.165) is 18.7 Å². The van der Waals surface area contributed by atoms with Gasteiger partial charge in [-0.1, -0.05) is 37.3 Å². The van der Waals surface area contributed by atoms with Gasteiger partial charge in [-0.15, -0.1) is 0 Å². The first-order valence-electron chi connectivity index (χ1n) is 8.58. The van der Waals surface area contributed by atoms with Gasteiger partial charge in [-0.25, -0.2) is 4.98 Å². The first-order valence-corrected chi connectivity index (χ1v) is 8.58. The first kappa shape index (κ1) is 16.9. The summed E-state index contributed by atoms with van der Waals surface area (Å²) in [5, 5.41) is 11.1. The number of nitrogens with zero attached hydrogens (tertiary/aromatic N) is 3. The van der Waals surface area contributed by atoms with Crippen LogP contribution in [0, 0.1) is 0 Å². The molecule has 0 amide bonds. The van der Waals surface area contributed by atoms with E-state index in [9.17, 15) is 9.90 Å². The second-order valence-corrected chi connectivity index (χ2v) is 6.72. The molecule has 24 heavy (non-hydrogen) atoms. The third kappa shape index (κ3) is 3.28. The summed E-state index contributed by atoms with van der Waals surface area (Å²) in [4.78, 5) is 19.3. The summed E-state index contributed by atoms with van der Waals surface area (Å²) in [5.41, 5.74) is 0.638. The van der Waals surface area contributed by atoms with E-state index >= 15 is 0 Å². The van der Waals surface area contributed by atoms with E-state index in [1.807, 2.05) is 37.3 Å². The first-order chi connectivity index (χ1) is 11.5. The molecule has 1 aromatic heterocycles. The lowest BCUT2D eigenvalue weighted by Gasteiger charge is -2.42. The standard InChI is InChI=1S/C19H25N3O2/c1-3-17(19(24)9-11-21(2)12-10-19)22-14-20-16(13-18(22)23)15-7-5-4-6-8-15/h4-8,13-14,17,24H,3,9-12H2,1-2H3. The van der Waals surface area contributed by atoms with Crippen molar-refractivity contribution in [1.29, 1.82) is 0 Å². The van der Waals surface area contributed by atoms with Crippen molar-refractivity contribution in [3.05, 3.63) is 53.1 Å². The molecule has 1 fully saturated rings. The Bertz CT molecular complexity index is 734. The molecule has 0 bridgehead atoms. The highest BCUT2D eigenvalue weighted by atomic mass is 16.3. The van der Waals surface area contributed by atoms with E-state index < -0.39 is 5.60 Å². The molecule has 0 saturated carbocycles. The quantitative estimate of drug-likeness (QED) is 0.936. The number of likely N-dealkylation sites (tertiary alicyclic amines) is 1. The van der Waals surface area contributed by atoms with Gasteiger partial charge in [-0.2, -0.15) is 0 Å². The van der Waals surface area contributed by atoms with Crippen molar-refractivity contribution in [2.24, 2.45) is 0 Å². The van der Waals surface area contributed by atoms with Gasteiger partial charge in [-0.3, -0.25) is 9.36 Å². The molecule has 0 aliphatic carbocycles. The molecule has 0 radical (unpaired) electrons. The Morgan fingerprint density at radius 3 is 2.50 bits per heavy atom. The van der Waals surface area contributed by atoms with Crippen molar-refractivity contribution < 1.29 is 5.11 Å². The van der Waals surface area contributed by atoms with Gasteiger partial charge in [0, 0.05) is 24.7 Å². The third-order valence-electron chi connectivity index (χ3n) is 5.10. The molecule has 5 nitrogen and oxygen atoms in total. The van der Waals surface area contributed by atoms with Crippen LogP contribution in [0.2, 0.25) is 0 Å². The number of aliphatic hydroxyl groups is 1. The number of benzene rings is 1. The fraction of sp³-hybridized carbons (Fsp3) is 0.474. The van der Waals surface area contributed by atoms with E-state index in [1.165, 1.54) is 0 Å². The number of hydrogen-bond acceptors (Lipinski definition) is 4. The zero-order valence-corrected chi connectivity index (χ0v) is 14.4. The predicted molar refractivity (Wildman–Crippen MR) is 94.9 cm³/mol. The summed E-state index contributed by atoms with van der Waals surface area (Å²) < 4.78 is 1.61. The Morgan fingerprint density at radius 1 is 1.25 bits per heavy atom. The molecule has 1 atom stereocenters. The van der Waals surface area contributed by atoms with Crippen LogP contribution in [0.4, 0.5) is 0 Å². The summed E-state index contributed by atoms with van der Waals surface area (Å²) >= 11 is 0. The lowest BCUT2D eigenvalue weighted by Crippen LogP contribution is -2.50. The second-order valence-electron chi connectivity index (χ2n) is 6.72. The Labute approximate surface area is 142 Å². The molecule has 1 saturated heterocycles. The second kappa shape index (κ2) is 6.87. The van der Waals surface area contributed by atoms with Gasteiger partial charge in [0.1, 0.15) is 0 Å². The van der Waals surface area contributed by atoms with Crippen LogP contribution >= 0.6 is 0 Å². The van der Waals surface area contributed by atoms with Crippen molar-refractivity contribution in [2.75, 3.05) is 20.1 Å². The Hall–Kier alpha value is -1.98. The molecule has 1 aromatic carbocycles. The van der Waals surface area contributed by atoms with Crippen LogP contribution in [0.25, 0.3) is 11.3 Å². The van der Waals surface area contributed by atoms with Crippen LogP contribution < -0.4 is 5.56 Å². The largest absolute Gasteiger partial charge is 0.388 e. The van der Waals surface area contributed by atoms with Gasteiger partial charge in [0.15, 0.2) is 0 Å². The monoisotopic (exact) mass is 327 g/mol. The summed E-state index contributed by atoms with van der Waals surface area (Å²) in [6.07, 6.45) is 3.64. The highest BCUT2D eigenvalue weighted by Gasteiger charge is 2.39. The molecule has 2 heterocycles. The van der Waals surface area contributed by atoms with Gasteiger partial charge in [0.05, 0.1) is 23.7 Å². The van der Waals surface area contributed by atoms with Gasteiger partial charge >= 0.3 is 0 Å². The predicted octanol–water partition coefficient (Wildman–Crippen LogP) is 2.32. The summed E-state index contributed by atoms with van der Waals surface area (Å²) in [5.74, 6) is 0. The van der Waals surface area contributed by atoms with Crippen molar-refractivity contribution in [3.63, 3.8) is 0 Å². The summed E-state index contributed by atoms with van der Waals surface area (Å²) in [6, 6.07) is 11.0. The van der Waals surface area contributed by atoms with Crippen LogP contribution in [-0.4, -0.2) is 45.3 Å². The van der Waals surface area contributed by atoms with E-state index in [2.05, 4.69) is 16.9 Å². The Morgan fingerprint density at radius 2 is 1.92 bits per heavy atom. The normalized spacial score (nSPS) is 19.1. The van der Waals surface area contributed by atoms with Crippen LogP contribution in [0.1, 0.15) is 32.2 Å². The smallest absolute Gasteiger partial charge is 0.254 e.